The Bertz CT molecular complexity index is 705. The van der Waals surface area contributed by atoms with Gasteiger partial charge in [0.25, 0.3) is 0 Å². The van der Waals surface area contributed by atoms with Crippen LogP contribution in [0.3, 0.4) is 0 Å². The molecule has 1 saturated carbocycles. The Kier molecular flexibility index (Phi) is 3.43. The molecule has 1 aromatic heterocycles. The maximum absolute atomic E-state index is 12.7. The summed E-state index contributed by atoms with van der Waals surface area (Å²) in [6.45, 7) is 0. The van der Waals surface area contributed by atoms with E-state index in [2.05, 4.69) is 11.1 Å². The quantitative estimate of drug-likeness (QED) is 0.730. The molecule has 4 heteroatoms. The van der Waals surface area contributed by atoms with E-state index >= 15 is 0 Å². The number of nitrogens with zero attached hydrogens (tertiary/aromatic N) is 1. The van der Waals surface area contributed by atoms with Crippen molar-refractivity contribution in [3.05, 3.63) is 65.0 Å². The van der Waals surface area contributed by atoms with Gasteiger partial charge in [0.05, 0.1) is 5.56 Å². The lowest BCUT2D eigenvalue weighted by Crippen LogP contribution is -2.29. The summed E-state index contributed by atoms with van der Waals surface area (Å²) < 4.78 is 38.1. The Labute approximate surface area is 133 Å². The van der Waals surface area contributed by atoms with E-state index in [0.717, 1.165) is 31.2 Å². The van der Waals surface area contributed by atoms with Gasteiger partial charge < -0.3 is 0 Å². The van der Waals surface area contributed by atoms with Gasteiger partial charge in [0, 0.05) is 17.8 Å². The Balaban J connectivity index is 1.55. The number of hydrogen-bond acceptors (Lipinski definition) is 1. The number of pyridine rings is 1. The van der Waals surface area contributed by atoms with Crippen LogP contribution in [0.25, 0.3) is 0 Å². The number of halogens is 3. The summed E-state index contributed by atoms with van der Waals surface area (Å²) in [5.74, 6) is 1.35. The van der Waals surface area contributed by atoms with Crippen LogP contribution in [0.4, 0.5) is 13.2 Å². The number of fused-ring (bicyclic) bond motifs is 1. The molecule has 3 atom stereocenters. The fourth-order valence-corrected chi connectivity index (χ4v) is 4.20. The summed E-state index contributed by atoms with van der Waals surface area (Å²) >= 11 is 0. The molecule has 23 heavy (non-hydrogen) atoms. The molecular weight excluding hydrogens is 299 g/mol. The highest BCUT2D eigenvalue weighted by molar-refractivity contribution is 5.34. The van der Waals surface area contributed by atoms with E-state index in [0.29, 0.717) is 17.8 Å². The zero-order valence-corrected chi connectivity index (χ0v) is 12.7. The molecule has 120 valence electrons. The van der Waals surface area contributed by atoms with Crippen LogP contribution in [0.5, 0.6) is 0 Å². The lowest BCUT2D eigenvalue weighted by molar-refractivity contribution is -0.137. The summed E-state index contributed by atoms with van der Waals surface area (Å²) in [6, 6.07) is 9.88. The normalized spacial score (nSPS) is 26.7. The van der Waals surface area contributed by atoms with Crippen LogP contribution < -0.4 is 0 Å². The highest BCUT2D eigenvalue weighted by atomic mass is 19.4. The molecule has 0 amide bonds. The molecule has 0 aliphatic heterocycles. The smallest absolute Gasteiger partial charge is 0.261 e. The minimum atomic E-state index is -4.26. The maximum Gasteiger partial charge on any atom is 0.416 e. The second-order valence-electron chi connectivity index (χ2n) is 6.66. The van der Waals surface area contributed by atoms with E-state index in [9.17, 15) is 13.2 Å². The van der Waals surface area contributed by atoms with E-state index in [1.54, 1.807) is 12.1 Å². The number of aromatic nitrogens is 1. The molecule has 4 rings (SSSR count). The molecule has 0 saturated heterocycles. The van der Waals surface area contributed by atoms with Crippen LogP contribution in [0.1, 0.15) is 53.5 Å². The summed E-state index contributed by atoms with van der Waals surface area (Å²) in [5.41, 5.74) is 3.04. The van der Waals surface area contributed by atoms with Crippen LogP contribution in [-0.2, 0) is 12.6 Å². The number of aryl methyl sites for hydroxylation is 1. The molecule has 1 aromatic carbocycles. The fourth-order valence-electron chi connectivity index (χ4n) is 4.20. The van der Waals surface area contributed by atoms with Gasteiger partial charge >= 0.3 is 6.18 Å². The third kappa shape index (κ3) is 2.54. The van der Waals surface area contributed by atoms with Crippen LogP contribution >= 0.6 is 0 Å². The van der Waals surface area contributed by atoms with Crippen molar-refractivity contribution in [3.8, 4) is 0 Å². The van der Waals surface area contributed by atoms with Crippen molar-refractivity contribution in [3.63, 3.8) is 0 Å². The van der Waals surface area contributed by atoms with Crippen LogP contribution in [0.2, 0.25) is 0 Å². The summed E-state index contributed by atoms with van der Waals surface area (Å²) in [7, 11) is 0. The number of benzene rings is 1. The van der Waals surface area contributed by atoms with Gasteiger partial charge in [0.2, 0.25) is 0 Å². The van der Waals surface area contributed by atoms with Crippen molar-refractivity contribution in [1.82, 2.24) is 4.98 Å². The molecular formula is C19H18F3N. The van der Waals surface area contributed by atoms with E-state index in [1.165, 1.54) is 23.4 Å². The molecule has 0 N–H and O–H groups in total. The zero-order chi connectivity index (χ0) is 16.0. The first-order chi connectivity index (χ1) is 11.0. The molecule has 2 aliphatic rings. The topological polar surface area (TPSA) is 12.9 Å². The van der Waals surface area contributed by atoms with Gasteiger partial charge in [-0.3, -0.25) is 4.98 Å². The van der Waals surface area contributed by atoms with Gasteiger partial charge in [-0.1, -0.05) is 18.2 Å². The van der Waals surface area contributed by atoms with E-state index < -0.39 is 11.7 Å². The standard InChI is InChI=1S/C19H18F3N/c20-19(21,22)14-6-3-12(4-7-14)15-9-10-16(15)17-8-5-13-2-1-11-23-18(13)17/h1-4,6-7,11,15-17H,5,8-10H2. The molecule has 1 nitrogen and oxygen atoms in total. The number of alkyl halides is 3. The molecule has 0 bridgehead atoms. The molecule has 2 aliphatic carbocycles. The Morgan fingerprint density at radius 3 is 2.35 bits per heavy atom. The largest absolute Gasteiger partial charge is 0.416 e. The second kappa shape index (κ2) is 5.36. The van der Waals surface area contributed by atoms with Crippen molar-refractivity contribution in [1.29, 1.82) is 0 Å². The lowest BCUT2D eigenvalue weighted by atomic mass is 9.63. The van der Waals surface area contributed by atoms with Crippen molar-refractivity contribution in [2.24, 2.45) is 5.92 Å². The van der Waals surface area contributed by atoms with E-state index in [1.807, 2.05) is 12.3 Å². The first-order valence-corrected chi connectivity index (χ1v) is 8.15. The Morgan fingerprint density at radius 1 is 0.913 bits per heavy atom. The first-order valence-electron chi connectivity index (χ1n) is 8.15. The molecule has 0 radical (unpaired) electrons. The average molecular weight is 317 g/mol. The third-order valence-electron chi connectivity index (χ3n) is 5.51. The van der Waals surface area contributed by atoms with E-state index in [4.69, 9.17) is 0 Å². The highest BCUT2D eigenvalue weighted by Gasteiger charge is 2.41. The Morgan fingerprint density at radius 2 is 1.70 bits per heavy atom. The molecule has 1 heterocycles. The molecule has 1 fully saturated rings. The molecule has 2 aromatic rings. The van der Waals surface area contributed by atoms with Gasteiger partial charge in [-0.05, 0) is 66.8 Å². The molecule has 3 unspecified atom stereocenters. The van der Waals surface area contributed by atoms with Crippen LogP contribution in [0, 0.1) is 5.92 Å². The van der Waals surface area contributed by atoms with Crippen LogP contribution in [-0.4, -0.2) is 4.98 Å². The zero-order valence-electron chi connectivity index (χ0n) is 12.7. The SMILES string of the molecule is FC(F)(F)c1ccc(C2CCC2C2CCc3cccnc32)cc1. The first kappa shape index (κ1) is 14.7. The predicted molar refractivity (Wildman–Crippen MR) is 82.2 cm³/mol. The summed E-state index contributed by atoms with van der Waals surface area (Å²) in [5, 5.41) is 0. The summed E-state index contributed by atoms with van der Waals surface area (Å²) in [6.07, 6.45) is 1.99. The monoisotopic (exact) mass is 317 g/mol. The van der Waals surface area contributed by atoms with Crippen molar-refractivity contribution in [2.45, 2.75) is 43.7 Å². The predicted octanol–water partition coefficient (Wildman–Crippen LogP) is 5.32. The van der Waals surface area contributed by atoms with Crippen molar-refractivity contribution >= 4 is 0 Å². The average Bonchev–Trinajstić information content (AvgIpc) is 2.90. The lowest BCUT2D eigenvalue weighted by Gasteiger charge is -2.41. The fraction of sp³-hybridized carbons (Fsp3) is 0.421. The van der Waals surface area contributed by atoms with Crippen LogP contribution in [0.15, 0.2) is 42.6 Å². The van der Waals surface area contributed by atoms with Gasteiger partial charge in [-0.2, -0.15) is 13.2 Å². The molecule has 0 spiro atoms. The van der Waals surface area contributed by atoms with Gasteiger partial charge in [0.1, 0.15) is 0 Å². The van der Waals surface area contributed by atoms with Gasteiger partial charge in [-0.25, -0.2) is 0 Å². The minimum Gasteiger partial charge on any atom is -0.261 e. The van der Waals surface area contributed by atoms with E-state index in [-0.39, 0.29) is 0 Å². The second-order valence-corrected chi connectivity index (χ2v) is 6.66. The van der Waals surface area contributed by atoms with Crippen molar-refractivity contribution in [2.75, 3.05) is 0 Å². The van der Waals surface area contributed by atoms with Crippen molar-refractivity contribution < 1.29 is 13.2 Å². The minimum absolute atomic E-state index is 0.371. The highest BCUT2D eigenvalue weighted by Crippen LogP contribution is 2.53. The van der Waals surface area contributed by atoms with Gasteiger partial charge in [0.15, 0.2) is 0 Å². The maximum atomic E-state index is 12.7. The van der Waals surface area contributed by atoms with Gasteiger partial charge in [-0.15, -0.1) is 0 Å². The third-order valence-corrected chi connectivity index (χ3v) is 5.51. The Hall–Kier alpha value is -1.84. The summed E-state index contributed by atoms with van der Waals surface area (Å²) in [4.78, 5) is 4.57. The number of rotatable bonds is 2. The number of hydrogen-bond donors (Lipinski definition) is 0.